The molecule has 0 saturated carbocycles. The van der Waals surface area contributed by atoms with Crippen molar-refractivity contribution in [3.63, 3.8) is 0 Å². The molecule has 0 radical (unpaired) electrons. The molecule has 118 valence electrons. The molecular formula is C13H22N4O4. The fourth-order valence-electron chi connectivity index (χ4n) is 2.45. The number of urea groups is 1. The Labute approximate surface area is 123 Å². The number of hydrogen-bond donors (Lipinski definition) is 1. The first-order valence-electron chi connectivity index (χ1n) is 6.83. The molecule has 0 aromatic carbocycles. The van der Waals surface area contributed by atoms with Crippen molar-refractivity contribution in [3.05, 3.63) is 0 Å². The fourth-order valence-corrected chi connectivity index (χ4v) is 2.45. The van der Waals surface area contributed by atoms with E-state index in [4.69, 9.17) is 15.2 Å². The van der Waals surface area contributed by atoms with Crippen LogP contribution in [0.3, 0.4) is 0 Å². The van der Waals surface area contributed by atoms with Crippen molar-refractivity contribution in [2.24, 2.45) is 10.7 Å². The molecule has 0 bridgehead atoms. The molecule has 1 fully saturated rings. The molecule has 3 amide bonds. The van der Waals surface area contributed by atoms with E-state index in [1.165, 1.54) is 4.90 Å². The van der Waals surface area contributed by atoms with Crippen LogP contribution in [0.2, 0.25) is 0 Å². The Bertz CT molecular complexity index is 477. The van der Waals surface area contributed by atoms with Gasteiger partial charge in [-0.05, 0) is 20.8 Å². The molecule has 1 saturated heterocycles. The number of nitrogens with zero attached hydrogens (tertiary/aromatic N) is 3. The number of ether oxygens (including phenoxy) is 2. The summed E-state index contributed by atoms with van der Waals surface area (Å²) < 4.78 is 10.3. The van der Waals surface area contributed by atoms with Gasteiger partial charge in [0.05, 0.1) is 19.7 Å². The Kier molecular flexibility index (Phi) is 3.83. The number of carbonyl (C=O) groups is 2. The first kappa shape index (κ1) is 15.6. The zero-order chi connectivity index (χ0) is 15.8. The Hall–Kier alpha value is -1.83. The molecule has 0 aromatic heterocycles. The first-order valence-corrected chi connectivity index (χ1v) is 6.83. The SMILES string of the molecule is COCCN1C(=O)N=C(N)C12CN(C(=O)OC(C)(C)C)C2. The Balaban J connectivity index is 2.03. The molecule has 2 aliphatic rings. The lowest BCUT2D eigenvalue weighted by atomic mass is 9.88. The minimum absolute atomic E-state index is 0.253. The summed E-state index contributed by atoms with van der Waals surface area (Å²) in [6.07, 6.45) is -0.410. The van der Waals surface area contributed by atoms with Crippen LogP contribution in [-0.2, 0) is 9.47 Å². The van der Waals surface area contributed by atoms with Crippen LogP contribution < -0.4 is 5.73 Å². The van der Waals surface area contributed by atoms with Gasteiger partial charge in [-0.3, -0.25) is 0 Å². The molecule has 2 aliphatic heterocycles. The van der Waals surface area contributed by atoms with Crippen LogP contribution in [0.4, 0.5) is 9.59 Å². The van der Waals surface area contributed by atoms with Gasteiger partial charge in [-0.25, -0.2) is 9.59 Å². The van der Waals surface area contributed by atoms with E-state index in [-0.39, 0.29) is 11.9 Å². The lowest BCUT2D eigenvalue weighted by Crippen LogP contribution is -2.75. The Morgan fingerprint density at radius 2 is 2.05 bits per heavy atom. The van der Waals surface area contributed by atoms with Gasteiger partial charge in [0, 0.05) is 13.7 Å². The number of methoxy groups -OCH3 is 1. The molecule has 8 heteroatoms. The van der Waals surface area contributed by atoms with Crippen molar-refractivity contribution >= 4 is 18.0 Å². The smallest absolute Gasteiger partial charge is 0.410 e. The van der Waals surface area contributed by atoms with Gasteiger partial charge in [-0.15, -0.1) is 0 Å². The first-order chi connectivity index (χ1) is 9.69. The van der Waals surface area contributed by atoms with Crippen molar-refractivity contribution < 1.29 is 19.1 Å². The third-order valence-electron chi connectivity index (χ3n) is 3.52. The van der Waals surface area contributed by atoms with Crippen LogP contribution in [0, 0.1) is 0 Å². The maximum Gasteiger partial charge on any atom is 0.410 e. The summed E-state index contributed by atoms with van der Waals surface area (Å²) >= 11 is 0. The maximum atomic E-state index is 12.0. The molecule has 0 atom stereocenters. The number of likely N-dealkylation sites (tertiary alicyclic amines) is 1. The van der Waals surface area contributed by atoms with Gasteiger partial charge in [-0.1, -0.05) is 0 Å². The highest BCUT2D eigenvalue weighted by atomic mass is 16.6. The molecule has 0 aromatic rings. The van der Waals surface area contributed by atoms with E-state index in [0.717, 1.165) is 0 Å². The van der Waals surface area contributed by atoms with Crippen molar-refractivity contribution in [2.75, 3.05) is 33.4 Å². The number of hydrogen-bond acceptors (Lipinski definition) is 5. The molecular weight excluding hydrogens is 276 g/mol. The third-order valence-corrected chi connectivity index (χ3v) is 3.52. The number of amides is 3. The predicted octanol–water partition coefficient (Wildman–Crippen LogP) is 0.415. The summed E-state index contributed by atoms with van der Waals surface area (Å²) in [6, 6.07) is -0.381. The monoisotopic (exact) mass is 298 g/mol. The lowest BCUT2D eigenvalue weighted by Gasteiger charge is -2.51. The summed E-state index contributed by atoms with van der Waals surface area (Å²) in [5.74, 6) is 0.253. The van der Waals surface area contributed by atoms with Gasteiger partial charge < -0.3 is 25.0 Å². The van der Waals surface area contributed by atoms with Crippen molar-refractivity contribution in [1.82, 2.24) is 9.80 Å². The molecule has 8 nitrogen and oxygen atoms in total. The Morgan fingerprint density at radius 1 is 1.43 bits per heavy atom. The van der Waals surface area contributed by atoms with E-state index in [1.807, 2.05) is 0 Å². The minimum atomic E-state index is -0.702. The molecule has 2 N–H and O–H groups in total. The summed E-state index contributed by atoms with van der Waals surface area (Å²) in [6.45, 7) is 6.80. The number of aliphatic imine (C=N–C) groups is 1. The third kappa shape index (κ3) is 2.80. The van der Waals surface area contributed by atoms with Crippen molar-refractivity contribution in [3.8, 4) is 0 Å². The number of carbonyl (C=O) groups excluding carboxylic acids is 2. The minimum Gasteiger partial charge on any atom is -0.444 e. The lowest BCUT2D eigenvalue weighted by molar-refractivity contribution is -0.0238. The normalized spacial score (nSPS) is 20.6. The second-order valence-corrected chi connectivity index (χ2v) is 6.29. The second-order valence-electron chi connectivity index (χ2n) is 6.29. The Morgan fingerprint density at radius 3 is 2.57 bits per heavy atom. The highest BCUT2D eigenvalue weighted by molar-refractivity contribution is 6.07. The van der Waals surface area contributed by atoms with Gasteiger partial charge in [0.2, 0.25) is 0 Å². The maximum absolute atomic E-state index is 12.0. The quantitative estimate of drug-likeness (QED) is 0.814. The number of amidine groups is 1. The zero-order valence-corrected chi connectivity index (χ0v) is 12.9. The van der Waals surface area contributed by atoms with Crippen LogP contribution in [0.1, 0.15) is 20.8 Å². The molecule has 2 rings (SSSR count). The standard InChI is InChI=1S/C13H22N4O4/c1-12(2,3)21-11(19)16-7-13(8-16)9(14)15-10(18)17(13)5-6-20-4/h5-8H2,1-4H3,(H2,14,15,18). The van der Waals surface area contributed by atoms with Crippen molar-refractivity contribution in [2.45, 2.75) is 31.9 Å². The van der Waals surface area contributed by atoms with E-state index in [1.54, 1.807) is 32.8 Å². The van der Waals surface area contributed by atoms with E-state index in [9.17, 15) is 9.59 Å². The molecule has 0 aliphatic carbocycles. The molecule has 2 heterocycles. The fraction of sp³-hybridized carbons (Fsp3) is 0.769. The predicted molar refractivity (Wildman–Crippen MR) is 76.1 cm³/mol. The topological polar surface area (TPSA) is 97.5 Å². The van der Waals surface area contributed by atoms with Gasteiger partial charge in [0.1, 0.15) is 17.0 Å². The second kappa shape index (κ2) is 5.18. The van der Waals surface area contributed by atoms with Crippen LogP contribution in [0.5, 0.6) is 0 Å². The van der Waals surface area contributed by atoms with Gasteiger partial charge in [0.15, 0.2) is 0 Å². The van der Waals surface area contributed by atoms with Gasteiger partial charge >= 0.3 is 12.1 Å². The summed E-state index contributed by atoms with van der Waals surface area (Å²) in [5.41, 5.74) is 4.63. The zero-order valence-electron chi connectivity index (χ0n) is 12.9. The average Bonchev–Trinajstić information content (AvgIpc) is 2.53. The highest BCUT2D eigenvalue weighted by Crippen LogP contribution is 2.33. The molecule has 1 spiro atoms. The van der Waals surface area contributed by atoms with E-state index in [2.05, 4.69) is 4.99 Å². The summed E-state index contributed by atoms with van der Waals surface area (Å²) in [4.78, 5) is 30.8. The summed E-state index contributed by atoms with van der Waals surface area (Å²) in [7, 11) is 1.56. The van der Waals surface area contributed by atoms with Crippen LogP contribution in [-0.4, -0.2) is 72.3 Å². The number of nitrogens with two attached hydrogens (primary N) is 1. The van der Waals surface area contributed by atoms with Crippen LogP contribution >= 0.6 is 0 Å². The van der Waals surface area contributed by atoms with Gasteiger partial charge in [-0.2, -0.15) is 4.99 Å². The summed E-state index contributed by atoms with van der Waals surface area (Å²) in [5, 5.41) is 0. The van der Waals surface area contributed by atoms with Crippen LogP contribution in [0.15, 0.2) is 4.99 Å². The van der Waals surface area contributed by atoms with E-state index in [0.29, 0.717) is 26.2 Å². The van der Waals surface area contributed by atoms with Gasteiger partial charge in [0.25, 0.3) is 0 Å². The largest absolute Gasteiger partial charge is 0.444 e. The van der Waals surface area contributed by atoms with Crippen LogP contribution in [0.25, 0.3) is 0 Å². The van der Waals surface area contributed by atoms with Crippen molar-refractivity contribution in [1.29, 1.82) is 0 Å². The number of rotatable bonds is 3. The molecule has 21 heavy (non-hydrogen) atoms. The highest BCUT2D eigenvalue weighted by Gasteiger charge is 2.58. The molecule has 0 unspecified atom stereocenters. The average molecular weight is 298 g/mol. The van der Waals surface area contributed by atoms with E-state index < -0.39 is 17.2 Å². The van der Waals surface area contributed by atoms with E-state index >= 15 is 0 Å².